The minimum absolute atomic E-state index is 0.383. The van der Waals surface area contributed by atoms with Gasteiger partial charge in [0.05, 0.1) is 0 Å². The van der Waals surface area contributed by atoms with Crippen LogP contribution in [0.15, 0.2) is 0 Å². The number of carbonyl (C=O) groups excluding carboxylic acids is 1. The number of aliphatic carboxylic acids is 1. The Bertz CT molecular complexity index is 238. The average molecular weight is 217 g/mol. The molecule has 0 atom stereocenters. The third kappa shape index (κ3) is 3.87. The van der Waals surface area contributed by atoms with Gasteiger partial charge in [-0.3, -0.25) is 9.59 Å². The van der Waals surface area contributed by atoms with Crippen molar-refractivity contribution in [2.24, 2.45) is 5.41 Å². The van der Waals surface area contributed by atoms with Gasteiger partial charge in [-0.25, -0.2) is 0 Å². The first kappa shape index (κ1) is 13.9. The van der Waals surface area contributed by atoms with Gasteiger partial charge in [-0.1, -0.05) is 0 Å². The van der Waals surface area contributed by atoms with Crippen LogP contribution in [-0.4, -0.2) is 49.2 Å². The molecule has 1 N–H and O–H groups in total. The van der Waals surface area contributed by atoms with E-state index in [1.807, 2.05) is 0 Å². The van der Waals surface area contributed by atoms with Crippen LogP contribution in [0.2, 0.25) is 0 Å². The number of rotatable bonds is 6. The Balaban J connectivity index is 4.25. The molecular formula is C10H19NO4. The Morgan fingerprint density at radius 1 is 1.40 bits per heavy atom. The van der Waals surface area contributed by atoms with Crippen molar-refractivity contribution in [3.8, 4) is 0 Å². The number of hydrogen-bond acceptors (Lipinski definition) is 3. The summed E-state index contributed by atoms with van der Waals surface area (Å²) in [7, 11) is 3.19. The molecule has 0 aromatic heterocycles. The minimum Gasteiger partial charge on any atom is -0.480 e. The lowest BCUT2D eigenvalue weighted by molar-refractivity contribution is -0.157. The van der Waals surface area contributed by atoms with E-state index in [9.17, 15) is 9.59 Å². The van der Waals surface area contributed by atoms with Gasteiger partial charge in [-0.15, -0.1) is 0 Å². The van der Waals surface area contributed by atoms with E-state index in [1.54, 1.807) is 14.2 Å². The highest BCUT2D eigenvalue weighted by atomic mass is 16.5. The van der Waals surface area contributed by atoms with E-state index in [4.69, 9.17) is 9.84 Å². The second-order valence-electron chi connectivity index (χ2n) is 4.00. The van der Waals surface area contributed by atoms with Crippen molar-refractivity contribution >= 4 is 11.9 Å². The van der Waals surface area contributed by atoms with Gasteiger partial charge in [-0.05, 0) is 20.3 Å². The fraction of sp³-hybridized carbons (Fsp3) is 0.800. The van der Waals surface area contributed by atoms with Crippen LogP contribution in [0.3, 0.4) is 0 Å². The molecule has 0 saturated carbocycles. The molecular weight excluding hydrogens is 198 g/mol. The SMILES string of the molecule is COCCCN(C)C(=O)C(C)(C)C(=O)O. The summed E-state index contributed by atoms with van der Waals surface area (Å²) in [5.74, 6) is -1.49. The van der Waals surface area contributed by atoms with E-state index in [1.165, 1.54) is 18.7 Å². The summed E-state index contributed by atoms with van der Waals surface area (Å²) in [6, 6.07) is 0. The first-order valence-corrected chi connectivity index (χ1v) is 4.82. The molecule has 0 aliphatic heterocycles. The summed E-state index contributed by atoms with van der Waals surface area (Å²) in [6.07, 6.45) is 0.703. The first-order chi connectivity index (χ1) is 6.84. The van der Waals surface area contributed by atoms with Crippen LogP contribution in [0.1, 0.15) is 20.3 Å². The van der Waals surface area contributed by atoms with E-state index in [-0.39, 0.29) is 5.91 Å². The molecule has 15 heavy (non-hydrogen) atoms. The monoisotopic (exact) mass is 217 g/mol. The van der Waals surface area contributed by atoms with Crippen molar-refractivity contribution in [2.45, 2.75) is 20.3 Å². The number of amides is 1. The largest absolute Gasteiger partial charge is 0.480 e. The van der Waals surface area contributed by atoms with Gasteiger partial charge in [0.2, 0.25) is 5.91 Å². The maximum Gasteiger partial charge on any atom is 0.318 e. The summed E-state index contributed by atoms with van der Waals surface area (Å²) < 4.78 is 4.85. The highest BCUT2D eigenvalue weighted by molar-refractivity contribution is 6.00. The maximum absolute atomic E-state index is 11.7. The van der Waals surface area contributed by atoms with Crippen molar-refractivity contribution in [1.82, 2.24) is 4.90 Å². The van der Waals surface area contributed by atoms with Gasteiger partial charge in [0.25, 0.3) is 0 Å². The quantitative estimate of drug-likeness (QED) is 0.522. The molecule has 5 nitrogen and oxygen atoms in total. The lowest BCUT2D eigenvalue weighted by Gasteiger charge is -2.25. The predicted octanol–water partition coefficient (Wildman–Crippen LogP) is 0.592. The number of nitrogens with zero attached hydrogens (tertiary/aromatic N) is 1. The standard InChI is InChI=1S/C10H19NO4/c1-10(2,9(13)14)8(12)11(3)6-5-7-15-4/h5-7H2,1-4H3,(H,13,14). The molecule has 0 unspecified atom stereocenters. The highest BCUT2D eigenvalue weighted by Crippen LogP contribution is 2.18. The Morgan fingerprint density at radius 2 is 1.93 bits per heavy atom. The number of methoxy groups -OCH3 is 1. The lowest BCUT2D eigenvalue weighted by atomic mass is 9.92. The number of carboxylic acid groups (broad SMARTS) is 1. The van der Waals surface area contributed by atoms with Crippen molar-refractivity contribution in [3.63, 3.8) is 0 Å². The van der Waals surface area contributed by atoms with Crippen molar-refractivity contribution < 1.29 is 19.4 Å². The molecule has 88 valence electrons. The molecule has 0 bridgehead atoms. The van der Waals surface area contributed by atoms with E-state index >= 15 is 0 Å². The zero-order valence-corrected chi connectivity index (χ0v) is 9.74. The Labute approximate surface area is 90.0 Å². The van der Waals surface area contributed by atoms with Gasteiger partial charge in [0, 0.05) is 27.3 Å². The molecule has 0 rings (SSSR count). The molecule has 0 aliphatic rings. The summed E-state index contributed by atoms with van der Waals surface area (Å²) in [5, 5.41) is 8.86. The first-order valence-electron chi connectivity index (χ1n) is 4.82. The molecule has 0 aromatic carbocycles. The van der Waals surface area contributed by atoms with Gasteiger partial charge in [0.15, 0.2) is 0 Å². The summed E-state index contributed by atoms with van der Waals surface area (Å²) in [6.45, 7) is 3.88. The van der Waals surface area contributed by atoms with Crippen LogP contribution >= 0.6 is 0 Å². The van der Waals surface area contributed by atoms with Crippen LogP contribution in [0.4, 0.5) is 0 Å². The molecule has 0 spiro atoms. The minimum atomic E-state index is -1.36. The maximum atomic E-state index is 11.7. The van der Waals surface area contributed by atoms with Gasteiger partial charge in [-0.2, -0.15) is 0 Å². The fourth-order valence-corrected chi connectivity index (χ4v) is 1.12. The molecule has 0 heterocycles. The van der Waals surface area contributed by atoms with E-state index < -0.39 is 11.4 Å². The van der Waals surface area contributed by atoms with Gasteiger partial charge in [0.1, 0.15) is 5.41 Å². The van der Waals surface area contributed by atoms with Crippen molar-refractivity contribution in [3.05, 3.63) is 0 Å². The molecule has 0 radical (unpaired) electrons. The zero-order chi connectivity index (χ0) is 12.1. The number of carbonyl (C=O) groups is 2. The third-order valence-electron chi connectivity index (χ3n) is 2.26. The lowest BCUT2D eigenvalue weighted by Crippen LogP contribution is -2.43. The van der Waals surface area contributed by atoms with E-state index in [2.05, 4.69) is 0 Å². The van der Waals surface area contributed by atoms with Crippen LogP contribution in [-0.2, 0) is 14.3 Å². The molecule has 1 amide bonds. The van der Waals surface area contributed by atoms with Gasteiger partial charge >= 0.3 is 5.97 Å². The Hall–Kier alpha value is -1.10. The second-order valence-corrected chi connectivity index (χ2v) is 4.00. The normalized spacial score (nSPS) is 11.2. The van der Waals surface area contributed by atoms with E-state index in [0.29, 0.717) is 19.6 Å². The van der Waals surface area contributed by atoms with Crippen molar-refractivity contribution in [1.29, 1.82) is 0 Å². The van der Waals surface area contributed by atoms with Crippen LogP contribution in [0.5, 0.6) is 0 Å². The Morgan fingerprint density at radius 3 is 2.33 bits per heavy atom. The molecule has 0 aliphatic carbocycles. The zero-order valence-electron chi connectivity index (χ0n) is 9.74. The second kappa shape index (κ2) is 5.70. The summed E-state index contributed by atoms with van der Waals surface area (Å²) in [5.41, 5.74) is -1.36. The average Bonchev–Trinajstić information content (AvgIpc) is 2.16. The van der Waals surface area contributed by atoms with E-state index in [0.717, 1.165) is 0 Å². The summed E-state index contributed by atoms with van der Waals surface area (Å²) in [4.78, 5) is 24.0. The molecule has 0 fully saturated rings. The smallest absolute Gasteiger partial charge is 0.318 e. The van der Waals surface area contributed by atoms with Crippen LogP contribution < -0.4 is 0 Å². The molecule has 0 aromatic rings. The van der Waals surface area contributed by atoms with Gasteiger partial charge < -0.3 is 14.7 Å². The third-order valence-corrected chi connectivity index (χ3v) is 2.26. The number of hydrogen-bond donors (Lipinski definition) is 1. The summed E-state index contributed by atoms with van der Waals surface area (Å²) >= 11 is 0. The van der Waals surface area contributed by atoms with Crippen LogP contribution in [0.25, 0.3) is 0 Å². The number of ether oxygens (including phenoxy) is 1. The molecule has 0 saturated heterocycles. The predicted molar refractivity (Wildman–Crippen MR) is 55.5 cm³/mol. The number of carboxylic acids is 1. The highest BCUT2D eigenvalue weighted by Gasteiger charge is 2.37. The topological polar surface area (TPSA) is 66.8 Å². The Kier molecular flexibility index (Phi) is 5.28. The fourth-order valence-electron chi connectivity index (χ4n) is 1.12. The van der Waals surface area contributed by atoms with Crippen LogP contribution in [0, 0.1) is 5.41 Å². The van der Waals surface area contributed by atoms with Crippen molar-refractivity contribution in [2.75, 3.05) is 27.3 Å². The molecule has 5 heteroatoms.